The Morgan fingerprint density at radius 3 is 2.17 bits per heavy atom. The summed E-state index contributed by atoms with van der Waals surface area (Å²) in [6, 6.07) is 18.5. The molecule has 0 fully saturated rings. The highest BCUT2D eigenvalue weighted by Gasteiger charge is 2.35. The second kappa shape index (κ2) is 15.1. The molecule has 0 unspecified atom stereocenters. The molecule has 8 nitrogen and oxygen atoms in total. The number of carbonyl (C=O) groups excluding carboxylic acids is 2. The Morgan fingerprint density at radius 2 is 1.56 bits per heavy atom. The third kappa shape index (κ3) is 7.93. The number of nitrogens with zero attached hydrogens (tertiary/aromatic N) is 2. The lowest BCUT2D eigenvalue weighted by Crippen LogP contribution is -2.52. The lowest BCUT2D eigenvalue weighted by atomic mass is 10.1. The Bertz CT molecular complexity index is 1420. The van der Waals surface area contributed by atoms with Crippen LogP contribution in [0.4, 0.5) is 5.69 Å². The predicted octanol–water partition coefficient (Wildman–Crippen LogP) is 5.92. The second-order valence-corrected chi connectivity index (χ2v) is 12.0. The number of nitrogens with one attached hydrogen (secondary N) is 1. The number of ether oxygens (including phenoxy) is 1. The first-order valence-electron chi connectivity index (χ1n) is 13.4. The van der Waals surface area contributed by atoms with E-state index in [1.54, 1.807) is 67.6 Å². The van der Waals surface area contributed by atoms with Crippen LogP contribution in [0.2, 0.25) is 10.0 Å². The largest absolute Gasteiger partial charge is 0.495 e. The maximum Gasteiger partial charge on any atom is 0.264 e. The molecule has 220 valence electrons. The van der Waals surface area contributed by atoms with E-state index >= 15 is 0 Å². The molecule has 0 spiro atoms. The molecule has 0 aliphatic carbocycles. The molecular weight excluding hydrogens is 585 g/mol. The number of hydrogen-bond acceptors (Lipinski definition) is 5. The Kier molecular flexibility index (Phi) is 11.9. The van der Waals surface area contributed by atoms with Crippen molar-refractivity contribution in [2.24, 2.45) is 0 Å². The zero-order valence-electron chi connectivity index (χ0n) is 23.3. The van der Waals surface area contributed by atoms with Gasteiger partial charge in [-0.1, -0.05) is 79.9 Å². The molecule has 0 bridgehead atoms. The average molecular weight is 621 g/mol. The van der Waals surface area contributed by atoms with Crippen molar-refractivity contribution in [3.05, 3.63) is 88.4 Å². The first kappa shape index (κ1) is 32.2. The van der Waals surface area contributed by atoms with E-state index in [2.05, 4.69) is 5.32 Å². The number of methoxy groups -OCH3 is 1. The molecule has 1 atom stereocenters. The van der Waals surface area contributed by atoms with E-state index in [1.807, 2.05) is 6.92 Å². The molecule has 1 N–H and O–H groups in total. The zero-order valence-corrected chi connectivity index (χ0v) is 25.7. The van der Waals surface area contributed by atoms with Crippen LogP contribution in [0.25, 0.3) is 0 Å². The van der Waals surface area contributed by atoms with Gasteiger partial charge < -0.3 is 15.0 Å². The fourth-order valence-electron chi connectivity index (χ4n) is 4.35. The van der Waals surface area contributed by atoms with Gasteiger partial charge in [0.25, 0.3) is 10.0 Å². The van der Waals surface area contributed by atoms with Gasteiger partial charge in [-0.25, -0.2) is 8.42 Å². The minimum atomic E-state index is -4.22. The number of amides is 2. The van der Waals surface area contributed by atoms with E-state index in [0.29, 0.717) is 22.2 Å². The highest BCUT2D eigenvalue weighted by molar-refractivity contribution is 7.92. The average Bonchev–Trinajstić information content (AvgIpc) is 2.97. The number of halogens is 2. The molecular formula is C30H35Cl2N3O5S. The van der Waals surface area contributed by atoms with Crippen LogP contribution >= 0.6 is 23.2 Å². The third-order valence-corrected chi connectivity index (χ3v) is 9.05. The van der Waals surface area contributed by atoms with E-state index in [1.165, 1.54) is 24.1 Å². The molecule has 11 heteroatoms. The van der Waals surface area contributed by atoms with E-state index in [-0.39, 0.29) is 35.2 Å². The van der Waals surface area contributed by atoms with Gasteiger partial charge in [-0.05, 0) is 49.2 Å². The number of hydrogen-bond donors (Lipinski definition) is 1. The molecule has 41 heavy (non-hydrogen) atoms. The van der Waals surface area contributed by atoms with Crippen LogP contribution in [-0.4, -0.2) is 51.4 Å². The van der Waals surface area contributed by atoms with Gasteiger partial charge in [0, 0.05) is 28.7 Å². The summed E-state index contributed by atoms with van der Waals surface area (Å²) in [6.45, 7) is 3.56. The summed E-state index contributed by atoms with van der Waals surface area (Å²) in [4.78, 5) is 28.8. The van der Waals surface area contributed by atoms with Gasteiger partial charge in [-0.2, -0.15) is 0 Å². The third-order valence-electron chi connectivity index (χ3n) is 6.57. The fourth-order valence-corrected chi connectivity index (χ4v) is 6.31. The molecule has 0 saturated heterocycles. The first-order valence-corrected chi connectivity index (χ1v) is 15.6. The molecule has 0 aliphatic heterocycles. The van der Waals surface area contributed by atoms with Crippen molar-refractivity contribution in [3.63, 3.8) is 0 Å². The highest BCUT2D eigenvalue weighted by atomic mass is 35.5. The zero-order chi connectivity index (χ0) is 30.0. The van der Waals surface area contributed by atoms with Gasteiger partial charge in [0.1, 0.15) is 18.3 Å². The summed E-state index contributed by atoms with van der Waals surface area (Å²) in [5, 5.41) is 3.55. The molecule has 3 aromatic rings. The summed E-state index contributed by atoms with van der Waals surface area (Å²) in [5.74, 6) is -0.680. The van der Waals surface area contributed by atoms with E-state index in [4.69, 9.17) is 27.9 Å². The van der Waals surface area contributed by atoms with Crippen molar-refractivity contribution in [1.29, 1.82) is 0 Å². The van der Waals surface area contributed by atoms with Crippen molar-refractivity contribution < 1.29 is 22.7 Å². The highest BCUT2D eigenvalue weighted by Crippen LogP contribution is 2.33. The van der Waals surface area contributed by atoms with Crippen LogP contribution in [0, 0.1) is 0 Å². The van der Waals surface area contributed by atoms with Crippen molar-refractivity contribution in [2.45, 2.75) is 50.6 Å². The summed E-state index contributed by atoms with van der Waals surface area (Å²) >= 11 is 12.9. The number of benzene rings is 3. The van der Waals surface area contributed by atoms with Gasteiger partial charge in [0.15, 0.2) is 0 Å². The maximum atomic E-state index is 14.2. The Morgan fingerprint density at radius 1 is 0.927 bits per heavy atom. The molecule has 0 radical (unpaired) electrons. The van der Waals surface area contributed by atoms with E-state index in [0.717, 1.165) is 17.1 Å². The minimum Gasteiger partial charge on any atom is -0.495 e. The topological polar surface area (TPSA) is 96.0 Å². The molecule has 0 aliphatic rings. The van der Waals surface area contributed by atoms with Gasteiger partial charge in [0.2, 0.25) is 11.8 Å². The Hall–Kier alpha value is -3.27. The smallest absolute Gasteiger partial charge is 0.264 e. The normalized spacial score (nSPS) is 11.9. The monoisotopic (exact) mass is 619 g/mol. The molecule has 3 rings (SSSR count). The number of unbranched alkanes of at least 4 members (excludes halogenated alkanes) is 1. The van der Waals surface area contributed by atoms with Crippen LogP contribution in [-0.2, 0) is 26.2 Å². The Labute approximate surface area is 252 Å². The van der Waals surface area contributed by atoms with Gasteiger partial charge in [0.05, 0.1) is 17.7 Å². The van der Waals surface area contributed by atoms with Crippen LogP contribution < -0.4 is 14.4 Å². The summed E-state index contributed by atoms with van der Waals surface area (Å²) in [6.07, 6.45) is 1.95. The number of para-hydroxylation sites is 2. The predicted molar refractivity (Wildman–Crippen MR) is 163 cm³/mol. The number of anilines is 1. The lowest BCUT2D eigenvalue weighted by molar-refractivity contribution is -0.140. The van der Waals surface area contributed by atoms with Gasteiger partial charge in [-0.3, -0.25) is 13.9 Å². The van der Waals surface area contributed by atoms with E-state index < -0.39 is 28.5 Å². The van der Waals surface area contributed by atoms with E-state index in [9.17, 15) is 18.0 Å². The quantitative estimate of drug-likeness (QED) is 0.226. The molecule has 0 saturated carbocycles. The fraction of sp³-hybridized carbons (Fsp3) is 0.333. The van der Waals surface area contributed by atoms with Crippen molar-refractivity contribution in [1.82, 2.24) is 10.2 Å². The van der Waals surface area contributed by atoms with Crippen molar-refractivity contribution in [2.75, 3.05) is 24.5 Å². The number of carbonyl (C=O) groups is 2. The lowest BCUT2D eigenvalue weighted by Gasteiger charge is -2.33. The minimum absolute atomic E-state index is 0.00348. The summed E-state index contributed by atoms with van der Waals surface area (Å²) in [7, 11) is -2.80. The van der Waals surface area contributed by atoms with Crippen molar-refractivity contribution >= 4 is 50.7 Å². The van der Waals surface area contributed by atoms with Crippen LogP contribution in [0.5, 0.6) is 5.75 Å². The molecule has 0 aromatic heterocycles. The number of sulfonamides is 1. The summed E-state index contributed by atoms with van der Waals surface area (Å²) in [5.41, 5.74) is 0.641. The van der Waals surface area contributed by atoms with Crippen LogP contribution in [0.15, 0.2) is 77.7 Å². The maximum absolute atomic E-state index is 14.2. The Balaban J connectivity index is 2.10. The van der Waals surface area contributed by atoms with Crippen LogP contribution in [0.1, 0.15) is 38.7 Å². The standard InChI is InChI=1S/C30H35Cl2N3O5S/c1-4-6-19-33-30(37)26(5-2)34(20-23-24(31)15-12-16-25(23)32)29(36)21-35(27-17-10-11-18-28(27)40-3)41(38,39)22-13-8-7-9-14-22/h7-18,26H,4-6,19-21H2,1-3H3,(H,33,37)/t26-/m1/s1. The molecule has 2 amide bonds. The molecule has 0 heterocycles. The van der Waals surface area contributed by atoms with Crippen molar-refractivity contribution in [3.8, 4) is 5.75 Å². The second-order valence-electron chi connectivity index (χ2n) is 9.29. The molecule has 3 aromatic carbocycles. The number of rotatable bonds is 14. The van der Waals surface area contributed by atoms with Gasteiger partial charge >= 0.3 is 0 Å². The first-order chi connectivity index (χ1) is 19.6. The van der Waals surface area contributed by atoms with Gasteiger partial charge in [-0.15, -0.1) is 0 Å². The summed E-state index contributed by atoms with van der Waals surface area (Å²) < 4.78 is 34.4. The van der Waals surface area contributed by atoms with Crippen LogP contribution in [0.3, 0.4) is 0 Å². The SMILES string of the molecule is CCCCNC(=O)[C@@H](CC)N(Cc1c(Cl)cccc1Cl)C(=O)CN(c1ccccc1OC)S(=O)(=O)c1ccccc1.